The summed E-state index contributed by atoms with van der Waals surface area (Å²) in [5.41, 5.74) is 8.04. The second kappa shape index (κ2) is 5.68. The molecule has 1 unspecified atom stereocenters. The molecule has 2 N–H and O–H groups in total. The lowest BCUT2D eigenvalue weighted by Gasteiger charge is -2.15. The van der Waals surface area contributed by atoms with Gasteiger partial charge in [-0.25, -0.2) is 8.78 Å². The van der Waals surface area contributed by atoms with E-state index < -0.39 is 6.04 Å². The molecule has 0 spiro atoms. The standard InChI is InChI=1S/C15H14ClF2N/c1-9-2-4-12(17)8-13(9)15(19)7-10-6-11(16)3-5-14(10)18/h2-6,8,15H,7,19H2,1H3. The quantitative estimate of drug-likeness (QED) is 0.898. The predicted molar refractivity (Wildman–Crippen MR) is 73.2 cm³/mol. The SMILES string of the molecule is Cc1ccc(F)cc1C(N)Cc1cc(Cl)ccc1F. The van der Waals surface area contributed by atoms with Gasteiger partial charge >= 0.3 is 0 Å². The van der Waals surface area contributed by atoms with Gasteiger partial charge in [0.15, 0.2) is 0 Å². The first-order valence-corrected chi connectivity index (χ1v) is 6.30. The molecule has 0 amide bonds. The van der Waals surface area contributed by atoms with E-state index in [0.717, 1.165) is 5.56 Å². The van der Waals surface area contributed by atoms with Gasteiger partial charge in [0.2, 0.25) is 0 Å². The van der Waals surface area contributed by atoms with Crippen molar-refractivity contribution in [2.24, 2.45) is 5.73 Å². The minimum absolute atomic E-state index is 0.274. The average Bonchev–Trinajstić information content (AvgIpc) is 2.36. The molecule has 0 aliphatic carbocycles. The van der Waals surface area contributed by atoms with Crippen LogP contribution in [0.1, 0.15) is 22.7 Å². The van der Waals surface area contributed by atoms with Crippen molar-refractivity contribution >= 4 is 11.6 Å². The first kappa shape index (κ1) is 14.0. The van der Waals surface area contributed by atoms with E-state index in [0.29, 0.717) is 16.1 Å². The highest BCUT2D eigenvalue weighted by molar-refractivity contribution is 6.30. The van der Waals surface area contributed by atoms with Crippen molar-refractivity contribution in [2.75, 3.05) is 0 Å². The van der Waals surface area contributed by atoms with Gasteiger partial charge in [-0.2, -0.15) is 0 Å². The fourth-order valence-electron chi connectivity index (χ4n) is 2.06. The van der Waals surface area contributed by atoms with Gasteiger partial charge in [0.25, 0.3) is 0 Å². The zero-order chi connectivity index (χ0) is 14.0. The zero-order valence-corrected chi connectivity index (χ0v) is 11.2. The number of halogens is 3. The largest absolute Gasteiger partial charge is 0.324 e. The summed E-state index contributed by atoms with van der Waals surface area (Å²) >= 11 is 5.84. The van der Waals surface area contributed by atoms with Crippen LogP contribution in [0.5, 0.6) is 0 Å². The average molecular weight is 282 g/mol. The van der Waals surface area contributed by atoms with Gasteiger partial charge in [0.05, 0.1) is 0 Å². The molecular formula is C15H14ClF2N. The van der Waals surface area contributed by atoms with Gasteiger partial charge in [-0.15, -0.1) is 0 Å². The Morgan fingerprint density at radius 1 is 1.16 bits per heavy atom. The molecule has 0 aliphatic heterocycles. The highest BCUT2D eigenvalue weighted by Crippen LogP contribution is 2.23. The molecule has 4 heteroatoms. The number of nitrogens with two attached hydrogens (primary N) is 1. The molecule has 2 aromatic rings. The minimum atomic E-state index is -0.469. The summed E-state index contributed by atoms with van der Waals surface area (Å²) in [5.74, 6) is -0.698. The van der Waals surface area contributed by atoms with Gasteiger partial charge in [-0.05, 0) is 60.4 Å². The van der Waals surface area contributed by atoms with Crippen molar-refractivity contribution in [1.29, 1.82) is 0 Å². The Morgan fingerprint density at radius 2 is 1.89 bits per heavy atom. The number of benzene rings is 2. The van der Waals surface area contributed by atoms with Crippen LogP contribution in [0, 0.1) is 18.6 Å². The van der Waals surface area contributed by atoms with Crippen LogP contribution in [0.25, 0.3) is 0 Å². The van der Waals surface area contributed by atoms with Crippen molar-refractivity contribution in [2.45, 2.75) is 19.4 Å². The maximum Gasteiger partial charge on any atom is 0.126 e. The Morgan fingerprint density at radius 3 is 2.63 bits per heavy atom. The van der Waals surface area contributed by atoms with Crippen LogP contribution in [-0.2, 0) is 6.42 Å². The first-order chi connectivity index (χ1) is 8.97. The smallest absolute Gasteiger partial charge is 0.126 e. The van der Waals surface area contributed by atoms with Crippen molar-refractivity contribution in [3.05, 3.63) is 69.7 Å². The Labute approximate surface area is 116 Å². The normalized spacial score (nSPS) is 12.5. The van der Waals surface area contributed by atoms with Crippen LogP contribution in [0.3, 0.4) is 0 Å². The van der Waals surface area contributed by atoms with Crippen LogP contribution >= 0.6 is 11.6 Å². The monoisotopic (exact) mass is 281 g/mol. The van der Waals surface area contributed by atoms with Gasteiger partial charge < -0.3 is 5.73 Å². The fourth-order valence-corrected chi connectivity index (χ4v) is 2.25. The number of hydrogen-bond donors (Lipinski definition) is 1. The van der Waals surface area contributed by atoms with Crippen LogP contribution in [0.4, 0.5) is 8.78 Å². The van der Waals surface area contributed by atoms with Crippen molar-refractivity contribution in [3.63, 3.8) is 0 Å². The number of rotatable bonds is 3. The molecule has 0 aromatic heterocycles. The molecule has 0 saturated heterocycles. The third kappa shape index (κ3) is 3.31. The van der Waals surface area contributed by atoms with E-state index >= 15 is 0 Å². The van der Waals surface area contributed by atoms with E-state index in [-0.39, 0.29) is 18.1 Å². The first-order valence-electron chi connectivity index (χ1n) is 5.93. The summed E-state index contributed by atoms with van der Waals surface area (Å²) in [7, 11) is 0. The molecule has 0 radical (unpaired) electrons. The molecule has 1 nitrogen and oxygen atoms in total. The van der Waals surface area contributed by atoms with E-state index in [1.807, 2.05) is 6.92 Å². The Balaban J connectivity index is 2.27. The lowest BCUT2D eigenvalue weighted by atomic mass is 9.96. The fraction of sp³-hybridized carbons (Fsp3) is 0.200. The molecule has 0 fully saturated rings. The van der Waals surface area contributed by atoms with E-state index in [9.17, 15) is 8.78 Å². The Bertz CT molecular complexity index is 599. The predicted octanol–water partition coefficient (Wildman–Crippen LogP) is 4.17. The Kier molecular flexibility index (Phi) is 4.17. The summed E-state index contributed by atoms with van der Waals surface area (Å²) in [5, 5.41) is 0.458. The summed E-state index contributed by atoms with van der Waals surface area (Å²) in [4.78, 5) is 0. The maximum absolute atomic E-state index is 13.6. The van der Waals surface area contributed by atoms with Crippen molar-refractivity contribution < 1.29 is 8.78 Å². The molecule has 100 valence electrons. The second-order valence-corrected chi connectivity index (χ2v) is 4.98. The molecule has 1 atom stereocenters. The van der Waals surface area contributed by atoms with Crippen molar-refractivity contribution in [1.82, 2.24) is 0 Å². The van der Waals surface area contributed by atoms with Crippen LogP contribution in [-0.4, -0.2) is 0 Å². The highest BCUT2D eigenvalue weighted by atomic mass is 35.5. The number of hydrogen-bond acceptors (Lipinski definition) is 1. The highest BCUT2D eigenvalue weighted by Gasteiger charge is 2.13. The molecule has 0 saturated carbocycles. The van der Waals surface area contributed by atoms with Crippen LogP contribution in [0.15, 0.2) is 36.4 Å². The lowest BCUT2D eigenvalue weighted by molar-refractivity contribution is 0.588. The van der Waals surface area contributed by atoms with Gasteiger partial charge in [-0.3, -0.25) is 0 Å². The van der Waals surface area contributed by atoms with Crippen molar-refractivity contribution in [3.8, 4) is 0 Å². The summed E-state index contributed by atoms with van der Waals surface area (Å²) < 4.78 is 26.9. The molecule has 0 bridgehead atoms. The molecular weight excluding hydrogens is 268 g/mol. The third-order valence-electron chi connectivity index (χ3n) is 3.09. The minimum Gasteiger partial charge on any atom is -0.324 e. The summed E-state index contributed by atoms with van der Waals surface area (Å²) in [6.07, 6.45) is 0.274. The Hall–Kier alpha value is -1.45. The van der Waals surface area contributed by atoms with Crippen LogP contribution in [0.2, 0.25) is 5.02 Å². The van der Waals surface area contributed by atoms with E-state index in [2.05, 4.69) is 0 Å². The molecule has 0 heterocycles. The van der Waals surface area contributed by atoms with E-state index in [1.165, 1.54) is 24.3 Å². The van der Waals surface area contributed by atoms with E-state index in [4.69, 9.17) is 17.3 Å². The third-order valence-corrected chi connectivity index (χ3v) is 3.32. The molecule has 2 rings (SSSR count). The van der Waals surface area contributed by atoms with Gasteiger partial charge in [0, 0.05) is 11.1 Å². The summed E-state index contributed by atoms with van der Waals surface area (Å²) in [6.45, 7) is 1.85. The lowest BCUT2D eigenvalue weighted by Crippen LogP contribution is -2.15. The van der Waals surface area contributed by atoms with Crippen LogP contribution < -0.4 is 5.73 Å². The maximum atomic E-state index is 13.6. The second-order valence-electron chi connectivity index (χ2n) is 4.55. The van der Waals surface area contributed by atoms with Gasteiger partial charge in [0.1, 0.15) is 11.6 Å². The number of aryl methyl sites for hydroxylation is 1. The molecule has 19 heavy (non-hydrogen) atoms. The zero-order valence-electron chi connectivity index (χ0n) is 10.5. The topological polar surface area (TPSA) is 26.0 Å². The molecule has 0 aliphatic rings. The van der Waals surface area contributed by atoms with E-state index in [1.54, 1.807) is 12.1 Å². The summed E-state index contributed by atoms with van der Waals surface area (Å²) in [6, 6.07) is 8.31. The van der Waals surface area contributed by atoms with Gasteiger partial charge in [-0.1, -0.05) is 17.7 Å². The molecule has 2 aromatic carbocycles.